The highest BCUT2D eigenvalue weighted by Crippen LogP contribution is 2.24. The summed E-state index contributed by atoms with van der Waals surface area (Å²) in [6.07, 6.45) is 0. The van der Waals surface area contributed by atoms with Gasteiger partial charge in [-0.05, 0) is 19.1 Å². The molecule has 0 unspecified atom stereocenters. The Labute approximate surface area is 119 Å². The highest BCUT2D eigenvalue weighted by Gasteiger charge is 2.12. The number of benzene rings is 1. The average Bonchev–Trinajstić information content (AvgIpc) is 2.84. The number of aliphatic carboxylic acids is 1. The van der Waals surface area contributed by atoms with Crippen LogP contribution in [0, 0.1) is 0 Å². The molecule has 19 heavy (non-hydrogen) atoms. The second-order valence-electron chi connectivity index (χ2n) is 3.93. The molecule has 0 aliphatic rings. The van der Waals surface area contributed by atoms with Gasteiger partial charge in [-0.25, -0.2) is 4.98 Å². The molecule has 1 aromatic heterocycles. The van der Waals surface area contributed by atoms with Crippen LogP contribution in [-0.4, -0.2) is 21.3 Å². The third-order valence-electron chi connectivity index (χ3n) is 2.41. The molecule has 0 aliphatic heterocycles. The molecule has 2 rings (SSSR count). The number of hydrogen-bond acceptors (Lipinski definition) is 5. The van der Waals surface area contributed by atoms with E-state index in [0.29, 0.717) is 5.75 Å². The zero-order valence-corrected chi connectivity index (χ0v) is 12.0. The van der Waals surface area contributed by atoms with E-state index in [2.05, 4.69) is 10.3 Å². The molecule has 0 saturated heterocycles. The smallest absolute Gasteiger partial charge is 0.316 e. The van der Waals surface area contributed by atoms with Crippen LogP contribution in [-0.2, 0) is 10.5 Å². The number of carboxylic acid groups (broad SMARTS) is 1. The van der Waals surface area contributed by atoms with Crippen molar-refractivity contribution in [2.75, 3.05) is 5.32 Å². The molecule has 100 valence electrons. The van der Waals surface area contributed by atoms with Crippen LogP contribution in [0.1, 0.15) is 12.6 Å². The lowest BCUT2D eigenvalue weighted by molar-refractivity contribution is -0.136. The first-order chi connectivity index (χ1) is 9.15. The fraction of sp³-hybridized carbons (Fsp3) is 0.231. The summed E-state index contributed by atoms with van der Waals surface area (Å²) in [7, 11) is 0. The number of rotatable bonds is 6. The minimum absolute atomic E-state index is 0.410. The normalized spacial score (nSPS) is 12.1. The van der Waals surface area contributed by atoms with Crippen molar-refractivity contribution in [2.24, 2.45) is 0 Å². The molecule has 2 aromatic rings. The van der Waals surface area contributed by atoms with Crippen molar-refractivity contribution in [1.29, 1.82) is 0 Å². The summed E-state index contributed by atoms with van der Waals surface area (Å²) >= 11 is 2.90. The van der Waals surface area contributed by atoms with E-state index in [1.165, 1.54) is 23.1 Å². The molecule has 0 amide bonds. The van der Waals surface area contributed by atoms with Crippen molar-refractivity contribution in [1.82, 2.24) is 4.98 Å². The molecule has 1 atom stereocenters. The maximum Gasteiger partial charge on any atom is 0.316 e. The van der Waals surface area contributed by atoms with Crippen molar-refractivity contribution in [2.45, 2.75) is 17.9 Å². The van der Waals surface area contributed by atoms with Gasteiger partial charge in [0.05, 0.1) is 10.9 Å². The van der Waals surface area contributed by atoms with E-state index in [0.717, 1.165) is 16.5 Å². The van der Waals surface area contributed by atoms with Crippen molar-refractivity contribution >= 4 is 39.9 Å². The Hall–Kier alpha value is -1.53. The SMILES string of the molecule is C[C@H](SCc1csc(Nc2ccccc2)n1)C(=O)O. The Kier molecular flexibility index (Phi) is 4.81. The van der Waals surface area contributed by atoms with Gasteiger partial charge in [0.15, 0.2) is 5.13 Å². The summed E-state index contributed by atoms with van der Waals surface area (Å²) in [5.74, 6) is -0.177. The van der Waals surface area contributed by atoms with E-state index < -0.39 is 11.2 Å². The van der Waals surface area contributed by atoms with Crippen molar-refractivity contribution < 1.29 is 9.90 Å². The lowest BCUT2D eigenvalue weighted by Gasteiger charge is -2.03. The molecule has 0 aliphatic carbocycles. The molecular formula is C13H14N2O2S2. The molecule has 0 spiro atoms. The molecular weight excluding hydrogens is 280 g/mol. The first-order valence-corrected chi connectivity index (χ1v) is 7.69. The first kappa shape index (κ1) is 13.9. The van der Waals surface area contributed by atoms with Crippen LogP contribution in [0.4, 0.5) is 10.8 Å². The number of nitrogens with zero attached hydrogens (tertiary/aromatic N) is 1. The van der Waals surface area contributed by atoms with Gasteiger partial charge < -0.3 is 10.4 Å². The van der Waals surface area contributed by atoms with Crippen LogP contribution < -0.4 is 5.32 Å². The standard InChI is InChI=1S/C13H14N2O2S2/c1-9(12(16)17)18-7-11-8-19-13(15-11)14-10-5-3-2-4-6-10/h2-6,8-9H,7H2,1H3,(H,14,15)(H,16,17)/t9-/m0/s1. The largest absolute Gasteiger partial charge is 0.480 e. The monoisotopic (exact) mass is 294 g/mol. The number of thiazole rings is 1. The highest BCUT2D eigenvalue weighted by molar-refractivity contribution is 7.99. The van der Waals surface area contributed by atoms with Crippen LogP contribution in [0.3, 0.4) is 0 Å². The van der Waals surface area contributed by atoms with Gasteiger partial charge in [0.1, 0.15) is 0 Å². The first-order valence-electron chi connectivity index (χ1n) is 5.76. The number of para-hydroxylation sites is 1. The van der Waals surface area contributed by atoms with Gasteiger partial charge in [-0.2, -0.15) is 0 Å². The molecule has 0 fully saturated rings. The predicted molar refractivity (Wildman–Crippen MR) is 80.2 cm³/mol. The topological polar surface area (TPSA) is 62.2 Å². The van der Waals surface area contributed by atoms with Crippen molar-refractivity contribution in [3.05, 3.63) is 41.4 Å². The van der Waals surface area contributed by atoms with Crippen LogP contribution >= 0.6 is 23.1 Å². The maximum absolute atomic E-state index is 10.7. The molecule has 2 N–H and O–H groups in total. The number of thioether (sulfide) groups is 1. The predicted octanol–water partition coefficient (Wildman–Crippen LogP) is 3.59. The number of carbonyl (C=O) groups is 1. The van der Waals surface area contributed by atoms with E-state index in [9.17, 15) is 4.79 Å². The fourth-order valence-electron chi connectivity index (χ4n) is 1.36. The fourth-order valence-corrected chi connectivity index (χ4v) is 2.90. The zero-order valence-electron chi connectivity index (χ0n) is 10.4. The summed E-state index contributed by atoms with van der Waals surface area (Å²) < 4.78 is 0. The lowest BCUT2D eigenvalue weighted by atomic mass is 10.3. The van der Waals surface area contributed by atoms with Gasteiger partial charge in [-0.3, -0.25) is 4.79 Å². The number of nitrogens with one attached hydrogen (secondary N) is 1. The van der Waals surface area contributed by atoms with Gasteiger partial charge >= 0.3 is 5.97 Å². The van der Waals surface area contributed by atoms with E-state index in [4.69, 9.17) is 5.11 Å². The summed E-state index contributed by atoms with van der Waals surface area (Å²) in [4.78, 5) is 15.1. The molecule has 4 nitrogen and oxygen atoms in total. The summed E-state index contributed by atoms with van der Waals surface area (Å²) in [5, 5.41) is 14.4. The third kappa shape index (κ3) is 4.25. The third-order valence-corrected chi connectivity index (χ3v) is 4.38. The van der Waals surface area contributed by atoms with Gasteiger partial charge in [0.2, 0.25) is 0 Å². The lowest BCUT2D eigenvalue weighted by Crippen LogP contribution is -2.11. The van der Waals surface area contributed by atoms with Crippen LogP contribution in [0.15, 0.2) is 35.7 Å². The summed E-state index contributed by atoms with van der Waals surface area (Å²) in [5.41, 5.74) is 1.90. The van der Waals surface area contributed by atoms with Crippen LogP contribution in [0.5, 0.6) is 0 Å². The number of aromatic nitrogens is 1. The summed E-state index contributed by atoms with van der Waals surface area (Å²) in [6.45, 7) is 1.68. The number of carboxylic acids is 1. The molecule has 0 radical (unpaired) electrons. The van der Waals surface area contributed by atoms with E-state index in [-0.39, 0.29) is 0 Å². The zero-order chi connectivity index (χ0) is 13.7. The Morgan fingerprint density at radius 2 is 2.21 bits per heavy atom. The quantitative estimate of drug-likeness (QED) is 0.852. The molecule has 6 heteroatoms. The minimum Gasteiger partial charge on any atom is -0.480 e. The average molecular weight is 294 g/mol. The molecule has 0 saturated carbocycles. The number of anilines is 2. The Balaban J connectivity index is 1.90. The maximum atomic E-state index is 10.7. The Bertz CT molecular complexity index is 543. The van der Waals surface area contributed by atoms with Gasteiger partial charge in [0.25, 0.3) is 0 Å². The van der Waals surface area contributed by atoms with E-state index in [1.807, 2.05) is 35.7 Å². The van der Waals surface area contributed by atoms with Gasteiger partial charge in [0, 0.05) is 16.8 Å². The van der Waals surface area contributed by atoms with E-state index in [1.54, 1.807) is 6.92 Å². The van der Waals surface area contributed by atoms with Gasteiger partial charge in [-0.15, -0.1) is 23.1 Å². The van der Waals surface area contributed by atoms with E-state index >= 15 is 0 Å². The van der Waals surface area contributed by atoms with Crippen molar-refractivity contribution in [3.8, 4) is 0 Å². The number of hydrogen-bond donors (Lipinski definition) is 2. The Morgan fingerprint density at radius 1 is 1.47 bits per heavy atom. The molecule has 0 bridgehead atoms. The highest BCUT2D eigenvalue weighted by atomic mass is 32.2. The van der Waals surface area contributed by atoms with Crippen molar-refractivity contribution in [3.63, 3.8) is 0 Å². The molecule has 1 aromatic carbocycles. The molecule has 1 heterocycles. The van der Waals surface area contributed by atoms with Crippen LogP contribution in [0.25, 0.3) is 0 Å². The van der Waals surface area contributed by atoms with Crippen LogP contribution in [0.2, 0.25) is 0 Å². The summed E-state index contributed by atoms with van der Waals surface area (Å²) in [6, 6.07) is 9.83. The second-order valence-corrected chi connectivity index (χ2v) is 6.11. The minimum atomic E-state index is -0.789. The van der Waals surface area contributed by atoms with Gasteiger partial charge in [-0.1, -0.05) is 18.2 Å². The second kappa shape index (κ2) is 6.58. The Morgan fingerprint density at radius 3 is 2.89 bits per heavy atom.